The summed E-state index contributed by atoms with van der Waals surface area (Å²) >= 11 is 1.53. The lowest BCUT2D eigenvalue weighted by Crippen LogP contribution is -1.87. The van der Waals surface area contributed by atoms with Crippen molar-refractivity contribution >= 4 is 17.8 Å². The van der Waals surface area contributed by atoms with Crippen LogP contribution in [0, 0.1) is 20.8 Å². The summed E-state index contributed by atoms with van der Waals surface area (Å²) in [4.78, 5) is 1.13. The van der Waals surface area contributed by atoms with Crippen molar-refractivity contribution in [2.75, 3.05) is 4.72 Å². The normalized spacial score (nSPS) is 10.7. The summed E-state index contributed by atoms with van der Waals surface area (Å²) in [5.41, 5.74) is 5.10. The quantitative estimate of drug-likeness (QED) is 0.656. The molecule has 112 valence electrons. The minimum Gasteiger partial charge on any atom is -0.360 e. The molecular formula is C18H18N2OS. The van der Waals surface area contributed by atoms with Crippen LogP contribution < -0.4 is 4.72 Å². The first-order valence-electron chi connectivity index (χ1n) is 7.16. The molecule has 0 saturated carbocycles. The summed E-state index contributed by atoms with van der Waals surface area (Å²) in [5, 5.41) is 3.91. The molecule has 0 saturated heterocycles. The number of benzene rings is 2. The van der Waals surface area contributed by atoms with Gasteiger partial charge in [0, 0.05) is 11.0 Å². The van der Waals surface area contributed by atoms with Crippen molar-refractivity contribution in [3.05, 3.63) is 65.4 Å². The van der Waals surface area contributed by atoms with E-state index >= 15 is 0 Å². The number of aryl methyl sites for hydroxylation is 3. The van der Waals surface area contributed by atoms with Gasteiger partial charge in [0.1, 0.15) is 5.76 Å². The van der Waals surface area contributed by atoms with Crippen LogP contribution in [0.2, 0.25) is 0 Å². The number of nitrogens with zero attached hydrogens (tertiary/aromatic N) is 1. The molecule has 0 aliphatic rings. The van der Waals surface area contributed by atoms with Gasteiger partial charge in [-0.15, -0.1) is 0 Å². The van der Waals surface area contributed by atoms with Crippen molar-refractivity contribution in [2.24, 2.45) is 0 Å². The van der Waals surface area contributed by atoms with Crippen LogP contribution in [0.3, 0.4) is 0 Å². The Kier molecular flexibility index (Phi) is 4.20. The van der Waals surface area contributed by atoms with Gasteiger partial charge in [-0.25, -0.2) is 0 Å². The topological polar surface area (TPSA) is 38.1 Å². The largest absolute Gasteiger partial charge is 0.360 e. The van der Waals surface area contributed by atoms with Gasteiger partial charge in [0.2, 0.25) is 0 Å². The summed E-state index contributed by atoms with van der Waals surface area (Å²) in [6, 6.07) is 16.9. The zero-order valence-corrected chi connectivity index (χ0v) is 13.7. The molecule has 0 fully saturated rings. The maximum atomic E-state index is 5.03. The molecule has 0 aliphatic carbocycles. The minimum atomic E-state index is 0.737. The number of aromatic nitrogens is 1. The Morgan fingerprint density at radius 3 is 2.41 bits per heavy atom. The standard InChI is InChI=1S/C18H18N2OS/c1-12-4-5-13(2)17(10-12)15-6-8-16(9-7-15)22-20-18-11-14(3)21-19-18/h4-11H,1-3H3,(H,19,20). The van der Waals surface area contributed by atoms with Gasteiger partial charge < -0.3 is 9.25 Å². The molecule has 1 aromatic heterocycles. The fourth-order valence-electron chi connectivity index (χ4n) is 2.28. The molecule has 0 bridgehead atoms. The Balaban J connectivity index is 1.73. The first kappa shape index (κ1) is 14.7. The molecule has 2 aromatic carbocycles. The monoisotopic (exact) mass is 310 g/mol. The van der Waals surface area contributed by atoms with Gasteiger partial charge in [-0.3, -0.25) is 0 Å². The molecule has 4 heteroatoms. The number of anilines is 1. The highest BCUT2D eigenvalue weighted by molar-refractivity contribution is 8.00. The summed E-state index contributed by atoms with van der Waals surface area (Å²) in [6.45, 7) is 6.14. The van der Waals surface area contributed by atoms with E-state index in [1.807, 2.05) is 13.0 Å². The van der Waals surface area contributed by atoms with Gasteiger partial charge in [-0.2, -0.15) is 0 Å². The third-order valence-electron chi connectivity index (χ3n) is 3.46. The molecular weight excluding hydrogens is 292 g/mol. The molecule has 1 heterocycles. The zero-order chi connectivity index (χ0) is 15.5. The lowest BCUT2D eigenvalue weighted by atomic mass is 9.99. The summed E-state index contributed by atoms with van der Waals surface area (Å²) in [5.74, 6) is 1.54. The Bertz CT molecular complexity index is 778. The molecule has 22 heavy (non-hydrogen) atoms. The van der Waals surface area contributed by atoms with Gasteiger partial charge >= 0.3 is 0 Å². The van der Waals surface area contributed by atoms with Crippen molar-refractivity contribution in [3.8, 4) is 11.1 Å². The lowest BCUT2D eigenvalue weighted by Gasteiger charge is -2.08. The van der Waals surface area contributed by atoms with Crippen molar-refractivity contribution < 1.29 is 4.52 Å². The van der Waals surface area contributed by atoms with Crippen molar-refractivity contribution in [1.29, 1.82) is 0 Å². The fraction of sp³-hybridized carbons (Fsp3) is 0.167. The highest BCUT2D eigenvalue weighted by Gasteiger charge is 2.04. The summed E-state index contributed by atoms with van der Waals surface area (Å²) in [7, 11) is 0. The highest BCUT2D eigenvalue weighted by Crippen LogP contribution is 2.27. The van der Waals surface area contributed by atoms with Crippen LogP contribution in [0.5, 0.6) is 0 Å². The Labute approximate surface area is 134 Å². The van der Waals surface area contributed by atoms with Gasteiger partial charge in [0.15, 0.2) is 5.82 Å². The Morgan fingerprint density at radius 1 is 0.955 bits per heavy atom. The Hall–Kier alpha value is -2.20. The van der Waals surface area contributed by atoms with Gasteiger partial charge in [0.25, 0.3) is 0 Å². The SMILES string of the molecule is Cc1ccc(C)c(-c2ccc(SNc3cc(C)on3)cc2)c1. The van der Waals surface area contributed by atoms with E-state index in [0.29, 0.717) is 0 Å². The van der Waals surface area contributed by atoms with E-state index in [2.05, 4.69) is 66.2 Å². The van der Waals surface area contributed by atoms with E-state index < -0.39 is 0 Å². The molecule has 0 aliphatic heterocycles. The predicted molar refractivity (Wildman–Crippen MR) is 92.1 cm³/mol. The molecule has 0 spiro atoms. The molecule has 0 radical (unpaired) electrons. The highest BCUT2D eigenvalue weighted by atomic mass is 32.2. The van der Waals surface area contributed by atoms with E-state index in [4.69, 9.17) is 4.52 Å². The van der Waals surface area contributed by atoms with Crippen molar-refractivity contribution in [1.82, 2.24) is 5.16 Å². The van der Waals surface area contributed by atoms with E-state index in [9.17, 15) is 0 Å². The van der Waals surface area contributed by atoms with Crippen LogP contribution in [0.15, 0.2) is 57.9 Å². The number of nitrogens with one attached hydrogen (secondary N) is 1. The Morgan fingerprint density at radius 2 is 1.73 bits per heavy atom. The molecule has 0 amide bonds. The molecule has 3 rings (SSSR count). The second-order valence-corrected chi connectivity index (χ2v) is 6.25. The van der Waals surface area contributed by atoms with Gasteiger partial charge in [0.05, 0.1) is 0 Å². The smallest absolute Gasteiger partial charge is 0.179 e. The van der Waals surface area contributed by atoms with Crippen LogP contribution in [-0.2, 0) is 0 Å². The fourth-order valence-corrected chi connectivity index (χ4v) is 2.87. The van der Waals surface area contributed by atoms with Crippen LogP contribution in [0.4, 0.5) is 5.82 Å². The van der Waals surface area contributed by atoms with E-state index in [-0.39, 0.29) is 0 Å². The second kappa shape index (κ2) is 6.28. The molecule has 1 N–H and O–H groups in total. The molecule has 0 unspecified atom stereocenters. The van der Waals surface area contributed by atoms with Crippen molar-refractivity contribution in [3.63, 3.8) is 0 Å². The lowest BCUT2D eigenvalue weighted by molar-refractivity contribution is 0.400. The van der Waals surface area contributed by atoms with E-state index in [0.717, 1.165) is 16.5 Å². The zero-order valence-electron chi connectivity index (χ0n) is 12.9. The van der Waals surface area contributed by atoms with Gasteiger partial charge in [-0.05, 0) is 61.5 Å². The van der Waals surface area contributed by atoms with Crippen LogP contribution in [0.25, 0.3) is 11.1 Å². The molecule has 3 nitrogen and oxygen atoms in total. The maximum Gasteiger partial charge on any atom is 0.179 e. The molecule has 3 aromatic rings. The third-order valence-corrected chi connectivity index (χ3v) is 4.28. The minimum absolute atomic E-state index is 0.737. The van der Waals surface area contributed by atoms with Crippen molar-refractivity contribution in [2.45, 2.75) is 25.7 Å². The summed E-state index contributed by atoms with van der Waals surface area (Å²) in [6.07, 6.45) is 0. The van der Waals surface area contributed by atoms with Gasteiger partial charge in [-0.1, -0.05) is 41.1 Å². The second-order valence-electron chi connectivity index (χ2n) is 5.37. The van der Waals surface area contributed by atoms with Crippen LogP contribution >= 0.6 is 11.9 Å². The number of rotatable bonds is 4. The van der Waals surface area contributed by atoms with Crippen LogP contribution in [0.1, 0.15) is 16.9 Å². The van der Waals surface area contributed by atoms with E-state index in [1.165, 1.54) is 34.2 Å². The third kappa shape index (κ3) is 3.34. The molecule has 0 atom stereocenters. The predicted octanol–water partition coefficient (Wildman–Crippen LogP) is 5.39. The average molecular weight is 310 g/mol. The average Bonchev–Trinajstić information content (AvgIpc) is 2.94. The summed E-state index contributed by atoms with van der Waals surface area (Å²) < 4.78 is 8.20. The maximum absolute atomic E-state index is 5.03. The first-order valence-corrected chi connectivity index (χ1v) is 7.97. The van der Waals surface area contributed by atoms with Crippen LogP contribution in [-0.4, -0.2) is 5.16 Å². The first-order chi connectivity index (χ1) is 10.6. The number of hydrogen-bond acceptors (Lipinski definition) is 4. The van der Waals surface area contributed by atoms with E-state index in [1.54, 1.807) is 0 Å². The number of hydrogen-bond donors (Lipinski definition) is 1.